The SMILES string of the molecule is Cc1cc(CN(Cc2cn(C3CC3)c3cc(OCCOC4CCCCO4)c(F)cc3c2=O)[C@H]2CCCN(c3ccc(Cl)nc3)C2)ccn1. The number of hydrogen-bond donors (Lipinski definition) is 0. The Labute approximate surface area is 285 Å². The lowest BCUT2D eigenvalue weighted by Crippen LogP contribution is -2.48. The van der Waals surface area contributed by atoms with Crippen LogP contribution in [0.2, 0.25) is 5.15 Å². The average molecular weight is 676 g/mol. The highest BCUT2D eigenvalue weighted by molar-refractivity contribution is 6.29. The quantitative estimate of drug-likeness (QED) is 0.120. The summed E-state index contributed by atoms with van der Waals surface area (Å²) in [4.78, 5) is 27.6. The van der Waals surface area contributed by atoms with E-state index in [9.17, 15) is 4.79 Å². The van der Waals surface area contributed by atoms with Crippen molar-refractivity contribution in [3.05, 3.63) is 93.0 Å². The van der Waals surface area contributed by atoms with E-state index in [1.54, 1.807) is 6.07 Å². The molecule has 1 aliphatic carbocycles. The summed E-state index contributed by atoms with van der Waals surface area (Å²) < 4.78 is 34.9. The molecule has 2 atom stereocenters. The number of benzene rings is 1. The van der Waals surface area contributed by atoms with Gasteiger partial charge in [-0.1, -0.05) is 11.6 Å². The van der Waals surface area contributed by atoms with Gasteiger partial charge in [0.2, 0.25) is 0 Å². The van der Waals surface area contributed by atoms with Crippen LogP contribution in [0.5, 0.6) is 5.75 Å². The standard InChI is InChI=1S/C37H43ClFN5O4/c1-25-17-26(11-12-40-25)21-43(30-5-4-13-42(24-30)29-9-10-35(38)41-20-29)22-27-23-44(28-7-8-28)33-19-34(32(39)18-31(33)37(27)45)46-15-16-48-36-6-2-3-14-47-36/h9-12,17-20,23,28,30,36H,2-8,13-16,21-22,24H2,1H3/t30-,36?/m0/s1. The predicted octanol–water partition coefficient (Wildman–Crippen LogP) is 6.82. The first-order valence-corrected chi connectivity index (χ1v) is 17.5. The molecule has 48 heavy (non-hydrogen) atoms. The first-order chi connectivity index (χ1) is 23.4. The molecule has 4 aromatic rings. The van der Waals surface area contributed by atoms with Gasteiger partial charge in [-0.25, -0.2) is 9.37 Å². The van der Waals surface area contributed by atoms with E-state index in [0.29, 0.717) is 47.9 Å². The van der Waals surface area contributed by atoms with E-state index < -0.39 is 5.82 Å². The van der Waals surface area contributed by atoms with Crippen molar-refractivity contribution in [3.63, 3.8) is 0 Å². The fourth-order valence-electron chi connectivity index (χ4n) is 6.97. The maximum Gasteiger partial charge on any atom is 0.193 e. The van der Waals surface area contributed by atoms with Crippen molar-refractivity contribution in [1.29, 1.82) is 0 Å². The summed E-state index contributed by atoms with van der Waals surface area (Å²) in [6.07, 6.45) is 12.5. The molecular weight excluding hydrogens is 633 g/mol. The Hall–Kier alpha value is -3.57. The molecule has 1 saturated carbocycles. The zero-order chi connectivity index (χ0) is 33.0. The van der Waals surface area contributed by atoms with Crippen molar-refractivity contribution in [1.82, 2.24) is 19.4 Å². The van der Waals surface area contributed by atoms with Crippen molar-refractivity contribution in [2.75, 3.05) is 37.8 Å². The maximum absolute atomic E-state index is 15.5. The number of fused-ring (bicyclic) bond motifs is 1. The van der Waals surface area contributed by atoms with Crippen LogP contribution in [-0.2, 0) is 22.6 Å². The Kier molecular flexibility index (Phi) is 10.2. The van der Waals surface area contributed by atoms with E-state index in [1.165, 1.54) is 6.07 Å². The van der Waals surface area contributed by atoms with Gasteiger partial charge in [0.05, 0.1) is 24.0 Å². The zero-order valence-corrected chi connectivity index (χ0v) is 28.2. The number of rotatable bonds is 12. The molecule has 9 nitrogen and oxygen atoms in total. The Morgan fingerprint density at radius 3 is 2.71 bits per heavy atom. The first-order valence-electron chi connectivity index (χ1n) is 17.2. The van der Waals surface area contributed by atoms with Gasteiger partial charge in [-0.15, -0.1) is 0 Å². The number of pyridine rings is 3. The molecule has 11 heteroatoms. The number of anilines is 1. The minimum atomic E-state index is -0.545. The molecular formula is C37H43ClFN5O4. The molecule has 1 aromatic carbocycles. The summed E-state index contributed by atoms with van der Waals surface area (Å²) in [5.41, 5.74) is 4.36. The number of nitrogens with zero attached hydrogens (tertiary/aromatic N) is 5. The molecule has 7 rings (SSSR count). The third kappa shape index (κ3) is 7.83. The summed E-state index contributed by atoms with van der Waals surface area (Å²) in [5.74, 6) is -0.414. The van der Waals surface area contributed by atoms with Crippen LogP contribution in [0.15, 0.2) is 59.8 Å². The number of aryl methyl sites for hydroxylation is 1. The topological polar surface area (TPSA) is 82.0 Å². The molecule has 0 N–H and O–H groups in total. The second kappa shape index (κ2) is 14.9. The number of hydrogen-bond acceptors (Lipinski definition) is 8. The maximum atomic E-state index is 15.5. The fourth-order valence-corrected chi connectivity index (χ4v) is 7.08. The highest BCUT2D eigenvalue weighted by atomic mass is 35.5. The fraction of sp³-hybridized carbons (Fsp3) is 0.486. The summed E-state index contributed by atoms with van der Waals surface area (Å²) in [5, 5.41) is 0.854. The smallest absolute Gasteiger partial charge is 0.193 e. The highest BCUT2D eigenvalue weighted by Gasteiger charge is 2.30. The molecule has 2 saturated heterocycles. The van der Waals surface area contributed by atoms with Crippen molar-refractivity contribution in [2.24, 2.45) is 0 Å². The second-order valence-electron chi connectivity index (χ2n) is 13.2. The van der Waals surface area contributed by atoms with Crippen LogP contribution >= 0.6 is 11.6 Å². The first kappa shape index (κ1) is 33.0. The largest absolute Gasteiger partial charge is 0.488 e. The van der Waals surface area contributed by atoms with E-state index >= 15 is 4.39 Å². The number of ether oxygens (including phenoxy) is 3. The lowest BCUT2D eigenvalue weighted by atomic mass is 10.0. The third-order valence-corrected chi connectivity index (χ3v) is 9.82. The van der Waals surface area contributed by atoms with Gasteiger partial charge >= 0.3 is 0 Å². The molecule has 5 heterocycles. The van der Waals surface area contributed by atoms with Crippen molar-refractivity contribution >= 4 is 28.2 Å². The normalized spacial score (nSPS) is 20.0. The molecule has 0 radical (unpaired) electrons. The van der Waals surface area contributed by atoms with E-state index in [0.717, 1.165) is 75.0 Å². The Morgan fingerprint density at radius 1 is 1.04 bits per heavy atom. The Morgan fingerprint density at radius 2 is 1.94 bits per heavy atom. The predicted molar refractivity (Wildman–Crippen MR) is 184 cm³/mol. The van der Waals surface area contributed by atoms with Crippen LogP contribution in [0, 0.1) is 12.7 Å². The molecule has 0 amide bonds. The summed E-state index contributed by atoms with van der Waals surface area (Å²) in [6.45, 7) is 6.02. The number of piperidine rings is 1. The Balaban J connectivity index is 1.15. The molecule has 254 valence electrons. The second-order valence-corrected chi connectivity index (χ2v) is 13.6. The molecule has 3 aromatic heterocycles. The van der Waals surface area contributed by atoms with Crippen LogP contribution in [-0.4, -0.2) is 64.7 Å². The van der Waals surface area contributed by atoms with E-state index in [4.69, 9.17) is 25.8 Å². The van der Waals surface area contributed by atoms with Crippen molar-refractivity contribution in [2.45, 2.75) is 83.3 Å². The third-order valence-electron chi connectivity index (χ3n) is 9.59. The van der Waals surface area contributed by atoms with Gasteiger partial charge in [0.25, 0.3) is 0 Å². The number of halogens is 2. The molecule has 0 spiro atoms. The van der Waals surface area contributed by atoms with Gasteiger partial charge in [-0.05, 0) is 87.8 Å². The highest BCUT2D eigenvalue weighted by Crippen LogP contribution is 2.38. The minimum Gasteiger partial charge on any atom is -0.488 e. The van der Waals surface area contributed by atoms with Crippen molar-refractivity contribution in [3.8, 4) is 5.75 Å². The monoisotopic (exact) mass is 675 g/mol. The lowest BCUT2D eigenvalue weighted by Gasteiger charge is -2.40. The van der Waals surface area contributed by atoms with E-state index in [-0.39, 0.29) is 36.2 Å². The molecule has 0 bridgehead atoms. The molecule has 2 aliphatic heterocycles. The van der Waals surface area contributed by atoms with Crippen LogP contribution < -0.4 is 15.1 Å². The average Bonchev–Trinajstić information content (AvgIpc) is 3.95. The van der Waals surface area contributed by atoms with Crippen LogP contribution in [0.25, 0.3) is 10.9 Å². The summed E-state index contributed by atoms with van der Waals surface area (Å²) >= 11 is 6.08. The van der Waals surface area contributed by atoms with E-state index in [2.05, 4.69) is 30.4 Å². The molecule has 3 fully saturated rings. The van der Waals surface area contributed by atoms with Gasteiger partial charge in [0.15, 0.2) is 23.3 Å². The Bertz CT molecular complexity index is 1780. The minimum absolute atomic E-state index is 0.130. The van der Waals surface area contributed by atoms with Gasteiger partial charge in [-0.3, -0.25) is 14.7 Å². The lowest BCUT2D eigenvalue weighted by molar-refractivity contribution is -0.165. The molecule has 3 aliphatic rings. The van der Waals surface area contributed by atoms with Crippen LogP contribution in [0.4, 0.5) is 10.1 Å². The zero-order valence-electron chi connectivity index (χ0n) is 27.5. The number of aromatic nitrogens is 3. The van der Waals surface area contributed by atoms with Crippen LogP contribution in [0.3, 0.4) is 0 Å². The van der Waals surface area contributed by atoms with E-state index in [1.807, 2.05) is 43.7 Å². The van der Waals surface area contributed by atoms with Crippen LogP contribution in [0.1, 0.15) is 67.8 Å². The van der Waals surface area contributed by atoms with Gasteiger partial charge in [-0.2, -0.15) is 0 Å². The van der Waals surface area contributed by atoms with Crippen molar-refractivity contribution < 1.29 is 18.6 Å². The van der Waals surface area contributed by atoms with Gasteiger partial charge in [0, 0.05) is 80.0 Å². The summed E-state index contributed by atoms with van der Waals surface area (Å²) in [6, 6.07) is 11.5. The molecule has 1 unspecified atom stereocenters. The van der Waals surface area contributed by atoms with Gasteiger partial charge < -0.3 is 23.7 Å². The summed E-state index contributed by atoms with van der Waals surface area (Å²) in [7, 11) is 0. The van der Waals surface area contributed by atoms with Gasteiger partial charge in [0.1, 0.15) is 11.8 Å².